The van der Waals surface area contributed by atoms with Gasteiger partial charge in [0.2, 0.25) is 0 Å². The first-order chi connectivity index (χ1) is 16.3. The van der Waals surface area contributed by atoms with Gasteiger partial charge in [-0.2, -0.15) is 0 Å². The van der Waals surface area contributed by atoms with Crippen molar-refractivity contribution in [2.24, 2.45) is 0 Å². The maximum Gasteiger partial charge on any atom is 0.282 e. The van der Waals surface area contributed by atoms with Gasteiger partial charge in [0.05, 0.1) is 25.5 Å². The van der Waals surface area contributed by atoms with Gasteiger partial charge in [0.15, 0.2) is 11.5 Å². The van der Waals surface area contributed by atoms with Crippen LogP contribution in [0, 0.1) is 6.92 Å². The Balaban J connectivity index is 1.78. The quantitative estimate of drug-likeness (QED) is 0.473. The molecule has 1 aliphatic heterocycles. The summed E-state index contributed by atoms with van der Waals surface area (Å²) in [6.45, 7) is 6.18. The molecule has 1 N–H and O–H groups in total. The van der Waals surface area contributed by atoms with Gasteiger partial charge >= 0.3 is 0 Å². The summed E-state index contributed by atoms with van der Waals surface area (Å²) in [5.74, 6) is 0.661. The Kier molecular flexibility index (Phi) is 6.41. The van der Waals surface area contributed by atoms with E-state index in [1.165, 1.54) is 4.90 Å². The average Bonchev–Trinajstić information content (AvgIpc) is 3.08. The van der Waals surface area contributed by atoms with Gasteiger partial charge in [-0.15, -0.1) is 0 Å². The smallest absolute Gasteiger partial charge is 0.282 e. The van der Waals surface area contributed by atoms with Crippen LogP contribution < -0.4 is 19.7 Å². The van der Waals surface area contributed by atoms with E-state index in [0.717, 1.165) is 11.1 Å². The van der Waals surface area contributed by atoms with Crippen LogP contribution in [0.4, 0.5) is 11.4 Å². The first kappa shape index (κ1) is 23.1. The lowest BCUT2D eigenvalue weighted by atomic mass is 10.0. The van der Waals surface area contributed by atoms with Crippen molar-refractivity contribution in [1.29, 1.82) is 0 Å². The number of benzene rings is 3. The summed E-state index contributed by atoms with van der Waals surface area (Å²) in [5, 5.41) is 3.17. The zero-order valence-electron chi connectivity index (χ0n) is 20.0. The highest BCUT2D eigenvalue weighted by atomic mass is 16.5. The number of ether oxygens (including phenoxy) is 2. The standard InChI is InChI=1S/C28H28N2O4/c1-17(2)19-10-13-22(14-11-19)30-27(31)25(20-8-6-18(3)7-9-20)26(28(30)32)29-21-12-15-23(33-4)24(16-21)34-5/h6-17,29H,1-5H3. The zero-order chi connectivity index (χ0) is 24.4. The fourth-order valence-electron chi connectivity index (χ4n) is 3.93. The van der Waals surface area contributed by atoms with Gasteiger partial charge in [-0.1, -0.05) is 55.8 Å². The highest BCUT2D eigenvalue weighted by molar-refractivity contribution is 6.46. The van der Waals surface area contributed by atoms with Gasteiger partial charge < -0.3 is 14.8 Å². The number of carbonyl (C=O) groups excluding carboxylic acids is 2. The van der Waals surface area contributed by atoms with Crippen molar-refractivity contribution >= 4 is 28.8 Å². The molecule has 3 aromatic rings. The van der Waals surface area contributed by atoms with E-state index < -0.39 is 5.91 Å². The van der Waals surface area contributed by atoms with Crippen molar-refractivity contribution in [2.45, 2.75) is 26.7 Å². The van der Waals surface area contributed by atoms with Crippen LogP contribution in [0.5, 0.6) is 11.5 Å². The van der Waals surface area contributed by atoms with E-state index in [2.05, 4.69) is 19.2 Å². The molecule has 0 saturated carbocycles. The molecule has 0 radical (unpaired) electrons. The number of aryl methyl sites for hydroxylation is 1. The lowest BCUT2D eigenvalue weighted by Gasteiger charge is -2.17. The van der Waals surface area contributed by atoms with Crippen molar-refractivity contribution in [1.82, 2.24) is 0 Å². The Labute approximate surface area is 199 Å². The third-order valence-electron chi connectivity index (χ3n) is 5.89. The number of amides is 2. The van der Waals surface area contributed by atoms with E-state index in [1.54, 1.807) is 32.4 Å². The predicted molar refractivity (Wildman–Crippen MR) is 134 cm³/mol. The second kappa shape index (κ2) is 9.43. The van der Waals surface area contributed by atoms with Crippen LogP contribution in [0.15, 0.2) is 72.4 Å². The van der Waals surface area contributed by atoms with E-state index in [9.17, 15) is 9.59 Å². The zero-order valence-corrected chi connectivity index (χ0v) is 20.0. The minimum Gasteiger partial charge on any atom is -0.493 e. The van der Waals surface area contributed by atoms with E-state index >= 15 is 0 Å². The molecule has 4 rings (SSSR count). The number of nitrogens with one attached hydrogen (secondary N) is 1. The molecule has 0 unspecified atom stereocenters. The molecule has 0 aromatic heterocycles. The van der Waals surface area contributed by atoms with Gasteiger partial charge in [0.1, 0.15) is 5.70 Å². The van der Waals surface area contributed by atoms with Crippen LogP contribution >= 0.6 is 0 Å². The number of hydrogen-bond donors (Lipinski definition) is 1. The van der Waals surface area contributed by atoms with E-state index in [-0.39, 0.29) is 11.6 Å². The topological polar surface area (TPSA) is 67.9 Å². The molecule has 2 amide bonds. The average molecular weight is 457 g/mol. The summed E-state index contributed by atoms with van der Waals surface area (Å²) in [6, 6.07) is 20.4. The molecule has 0 atom stereocenters. The van der Waals surface area contributed by atoms with Gasteiger partial charge in [-0.05, 0) is 48.2 Å². The summed E-state index contributed by atoms with van der Waals surface area (Å²) < 4.78 is 10.7. The second-order valence-corrected chi connectivity index (χ2v) is 8.50. The van der Waals surface area contributed by atoms with Gasteiger partial charge in [-0.3, -0.25) is 9.59 Å². The molecular weight excluding hydrogens is 428 g/mol. The predicted octanol–water partition coefficient (Wildman–Crippen LogP) is 5.53. The number of imide groups is 1. The Morgan fingerprint density at radius 3 is 2.03 bits per heavy atom. The van der Waals surface area contributed by atoms with Gasteiger partial charge in [0, 0.05) is 11.8 Å². The van der Waals surface area contributed by atoms with Crippen LogP contribution in [-0.2, 0) is 9.59 Å². The first-order valence-electron chi connectivity index (χ1n) is 11.1. The largest absolute Gasteiger partial charge is 0.493 e. The van der Waals surface area contributed by atoms with Gasteiger partial charge in [-0.25, -0.2) is 4.90 Å². The minimum absolute atomic E-state index is 0.217. The number of hydrogen-bond acceptors (Lipinski definition) is 5. The highest BCUT2D eigenvalue weighted by Crippen LogP contribution is 2.36. The molecular formula is C28H28N2O4. The van der Waals surface area contributed by atoms with Crippen LogP contribution in [0.3, 0.4) is 0 Å². The third-order valence-corrected chi connectivity index (χ3v) is 5.89. The van der Waals surface area contributed by atoms with Crippen LogP contribution in [0.2, 0.25) is 0 Å². The lowest BCUT2D eigenvalue weighted by Crippen LogP contribution is -2.32. The molecule has 174 valence electrons. The summed E-state index contributed by atoms with van der Waals surface area (Å²) in [7, 11) is 3.11. The number of anilines is 2. The monoisotopic (exact) mass is 456 g/mol. The Hall–Kier alpha value is -4.06. The molecule has 3 aromatic carbocycles. The lowest BCUT2D eigenvalue weighted by molar-refractivity contribution is -0.120. The summed E-state index contributed by atoms with van der Waals surface area (Å²) in [5.41, 5.74) is 4.56. The molecule has 0 spiro atoms. The van der Waals surface area contributed by atoms with Crippen molar-refractivity contribution in [3.63, 3.8) is 0 Å². The number of rotatable bonds is 7. The summed E-state index contributed by atoms with van der Waals surface area (Å²) in [4.78, 5) is 28.4. The molecule has 34 heavy (non-hydrogen) atoms. The number of carbonyl (C=O) groups is 2. The molecule has 1 heterocycles. The SMILES string of the molecule is COc1ccc(NC2=C(c3ccc(C)cc3)C(=O)N(c3ccc(C(C)C)cc3)C2=O)cc1OC. The normalized spacial score (nSPS) is 13.6. The Bertz CT molecular complexity index is 1260. The molecule has 0 fully saturated rings. The van der Waals surface area contributed by atoms with Crippen molar-refractivity contribution < 1.29 is 19.1 Å². The highest BCUT2D eigenvalue weighted by Gasteiger charge is 2.40. The minimum atomic E-state index is -0.410. The Morgan fingerprint density at radius 2 is 1.44 bits per heavy atom. The molecule has 0 saturated heterocycles. The summed E-state index contributed by atoms with van der Waals surface area (Å²) in [6.07, 6.45) is 0. The second-order valence-electron chi connectivity index (χ2n) is 8.50. The third kappa shape index (κ3) is 4.27. The molecule has 0 bridgehead atoms. The first-order valence-corrected chi connectivity index (χ1v) is 11.1. The maximum absolute atomic E-state index is 13.6. The van der Waals surface area contributed by atoms with E-state index in [1.807, 2.05) is 55.5 Å². The van der Waals surface area contributed by atoms with Crippen molar-refractivity contribution in [3.05, 3.63) is 89.1 Å². The number of nitrogens with zero attached hydrogens (tertiary/aromatic N) is 1. The van der Waals surface area contributed by atoms with E-state index in [0.29, 0.717) is 39.9 Å². The van der Waals surface area contributed by atoms with Crippen LogP contribution in [-0.4, -0.2) is 26.0 Å². The molecule has 0 aliphatic carbocycles. The number of methoxy groups -OCH3 is 2. The van der Waals surface area contributed by atoms with Crippen molar-refractivity contribution in [2.75, 3.05) is 24.4 Å². The fraction of sp³-hybridized carbons (Fsp3) is 0.214. The van der Waals surface area contributed by atoms with E-state index in [4.69, 9.17) is 9.47 Å². The van der Waals surface area contributed by atoms with Gasteiger partial charge in [0.25, 0.3) is 11.8 Å². The van der Waals surface area contributed by atoms with Crippen molar-refractivity contribution in [3.8, 4) is 11.5 Å². The van der Waals surface area contributed by atoms with Crippen LogP contribution in [0.1, 0.15) is 36.5 Å². The molecule has 6 heteroatoms. The molecule has 1 aliphatic rings. The van der Waals surface area contributed by atoms with Crippen LogP contribution in [0.25, 0.3) is 5.57 Å². The Morgan fingerprint density at radius 1 is 0.794 bits per heavy atom. The fourth-order valence-corrected chi connectivity index (χ4v) is 3.93. The molecule has 6 nitrogen and oxygen atoms in total. The summed E-state index contributed by atoms with van der Waals surface area (Å²) >= 11 is 0. The maximum atomic E-state index is 13.6.